The van der Waals surface area contributed by atoms with E-state index in [1.54, 1.807) is 30.7 Å². The number of halogens is 1. The molecule has 5 nitrogen and oxygen atoms in total. The lowest BCUT2D eigenvalue weighted by Crippen LogP contribution is -2.07. The van der Waals surface area contributed by atoms with Crippen LogP contribution < -0.4 is 0 Å². The van der Waals surface area contributed by atoms with Gasteiger partial charge in [0.1, 0.15) is 5.82 Å². The molecule has 0 spiro atoms. The van der Waals surface area contributed by atoms with E-state index in [0.29, 0.717) is 0 Å². The normalized spacial score (nSPS) is 15.3. The van der Waals surface area contributed by atoms with Crippen molar-refractivity contribution in [1.29, 1.82) is 0 Å². The summed E-state index contributed by atoms with van der Waals surface area (Å²) >= 11 is 0. The van der Waals surface area contributed by atoms with Crippen LogP contribution in [0.1, 0.15) is 11.1 Å². The molecule has 0 amide bonds. The highest BCUT2D eigenvalue weighted by atomic mass is 19.1. The fourth-order valence-corrected chi connectivity index (χ4v) is 2.47. The maximum Gasteiger partial charge on any atom is 0.363 e. The second-order valence-corrected chi connectivity index (χ2v) is 5.38. The summed E-state index contributed by atoms with van der Waals surface area (Å²) in [4.78, 5) is 20.1. The van der Waals surface area contributed by atoms with Crippen LogP contribution >= 0.6 is 0 Å². The Morgan fingerprint density at radius 2 is 1.88 bits per heavy atom. The van der Waals surface area contributed by atoms with Gasteiger partial charge in [0.25, 0.3) is 0 Å². The number of aliphatic imine (C=N–C) groups is 1. The minimum atomic E-state index is -0.600. The van der Waals surface area contributed by atoms with E-state index < -0.39 is 11.8 Å². The number of cyclic esters (lactones) is 1. The van der Waals surface area contributed by atoms with Crippen LogP contribution in [0.3, 0.4) is 0 Å². The molecule has 0 saturated heterocycles. The Labute approximate surface area is 142 Å². The number of aromatic nitrogens is 2. The Morgan fingerprint density at radius 3 is 2.60 bits per heavy atom. The molecule has 6 heteroatoms. The van der Waals surface area contributed by atoms with E-state index in [2.05, 4.69) is 9.98 Å². The highest BCUT2D eigenvalue weighted by Gasteiger charge is 2.25. The number of imidazole rings is 1. The third kappa shape index (κ3) is 2.97. The maximum absolute atomic E-state index is 13.8. The third-order valence-electron chi connectivity index (χ3n) is 3.72. The van der Waals surface area contributed by atoms with Crippen molar-refractivity contribution in [2.75, 3.05) is 0 Å². The molecular weight excluding hydrogens is 321 g/mol. The van der Waals surface area contributed by atoms with Crippen LogP contribution in [0, 0.1) is 5.82 Å². The van der Waals surface area contributed by atoms with Crippen molar-refractivity contribution in [1.82, 2.24) is 9.55 Å². The van der Waals surface area contributed by atoms with Gasteiger partial charge in [-0.15, -0.1) is 0 Å². The summed E-state index contributed by atoms with van der Waals surface area (Å²) in [5.74, 6) is -1.11. The molecule has 4 rings (SSSR count). The van der Waals surface area contributed by atoms with Crippen LogP contribution in [-0.4, -0.2) is 21.4 Å². The van der Waals surface area contributed by atoms with E-state index in [0.717, 1.165) is 11.3 Å². The van der Waals surface area contributed by atoms with Crippen molar-refractivity contribution in [3.63, 3.8) is 0 Å². The van der Waals surface area contributed by atoms with Gasteiger partial charge in [-0.25, -0.2) is 19.2 Å². The average molecular weight is 333 g/mol. The minimum absolute atomic E-state index is 0.0237. The van der Waals surface area contributed by atoms with Crippen molar-refractivity contribution < 1.29 is 13.9 Å². The summed E-state index contributed by atoms with van der Waals surface area (Å²) in [6.07, 6.45) is 6.84. The van der Waals surface area contributed by atoms with Gasteiger partial charge in [-0.05, 0) is 35.9 Å². The van der Waals surface area contributed by atoms with Crippen LogP contribution in [0.15, 0.2) is 77.9 Å². The molecule has 25 heavy (non-hydrogen) atoms. The molecule has 1 aliphatic rings. The van der Waals surface area contributed by atoms with Gasteiger partial charge in [-0.1, -0.05) is 24.3 Å². The molecule has 2 aromatic carbocycles. The molecule has 1 aromatic heterocycles. The minimum Gasteiger partial charge on any atom is -0.402 e. The molecule has 0 aliphatic carbocycles. The van der Waals surface area contributed by atoms with E-state index in [4.69, 9.17) is 4.74 Å². The van der Waals surface area contributed by atoms with Gasteiger partial charge >= 0.3 is 5.97 Å². The lowest BCUT2D eigenvalue weighted by molar-refractivity contribution is -0.129. The third-order valence-corrected chi connectivity index (χ3v) is 3.72. The van der Waals surface area contributed by atoms with E-state index in [-0.39, 0.29) is 17.2 Å². The molecule has 0 N–H and O–H groups in total. The van der Waals surface area contributed by atoms with E-state index in [1.807, 2.05) is 35.0 Å². The number of carbonyl (C=O) groups is 1. The lowest BCUT2D eigenvalue weighted by atomic mass is 10.1. The van der Waals surface area contributed by atoms with Crippen LogP contribution in [0.5, 0.6) is 0 Å². The monoisotopic (exact) mass is 333 g/mol. The van der Waals surface area contributed by atoms with Crippen molar-refractivity contribution in [2.24, 2.45) is 4.99 Å². The number of rotatable bonds is 3. The van der Waals surface area contributed by atoms with Gasteiger partial charge in [0, 0.05) is 18.1 Å². The molecule has 0 unspecified atom stereocenters. The fraction of sp³-hybridized carbons (Fsp3) is 0. The van der Waals surface area contributed by atoms with Gasteiger partial charge < -0.3 is 9.30 Å². The van der Waals surface area contributed by atoms with Gasteiger partial charge in [-0.2, -0.15) is 0 Å². The Balaban J connectivity index is 1.63. The number of benzene rings is 2. The molecule has 1 aliphatic heterocycles. The standard InChI is InChI=1S/C19H12FN3O2/c20-16-4-2-1-3-15(16)18-22-17(19(24)25-18)11-13-5-7-14(8-6-13)23-10-9-21-12-23/h1-12H/b17-11+. The first kappa shape index (κ1) is 15.0. The smallest absolute Gasteiger partial charge is 0.363 e. The predicted molar refractivity (Wildman–Crippen MR) is 90.6 cm³/mol. The Hall–Kier alpha value is -3.54. The first-order valence-corrected chi connectivity index (χ1v) is 7.56. The predicted octanol–water partition coefficient (Wildman–Crippen LogP) is 3.36. The van der Waals surface area contributed by atoms with Gasteiger partial charge in [-0.3, -0.25) is 0 Å². The lowest BCUT2D eigenvalue weighted by Gasteiger charge is -2.02. The van der Waals surface area contributed by atoms with Crippen molar-refractivity contribution in [3.8, 4) is 5.69 Å². The Kier molecular flexibility index (Phi) is 3.70. The number of esters is 1. The summed E-state index contributed by atoms with van der Waals surface area (Å²) in [6.45, 7) is 0. The van der Waals surface area contributed by atoms with Crippen molar-refractivity contribution in [2.45, 2.75) is 0 Å². The quantitative estimate of drug-likeness (QED) is 0.545. The number of hydrogen-bond donors (Lipinski definition) is 0. The zero-order valence-corrected chi connectivity index (χ0v) is 13.0. The van der Waals surface area contributed by atoms with Gasteiger partial charge in [0.05, 0.1) is 11.9 Å². The Morgan fingerprint density at radius 1 is 1.08 bits per heavy atom. The summed E-state index contributed by atoms with van der Waals surface area (Å²) < 4.78 is 20.8. The second kappa shape index (κ2) is 6.16. The molecule has 2 heterocycles. The molecule has 0 radical (unpaired) electrons. The largest absolute Gasteiger partial charge is 0.402 e. The van der Waals surface area contributed by atoms with Gasteiger partial charge in [0.15, 0.2) is 5.70 Å². The van der Waals surface area contributed by atoms with Crippen LogP contribution in [-0.2, 0) is 9.53 Å². The maximum atomic E-state index is 13.8. The molecule has 3 aromatic rings. The zero-order chi connectivity index (χ0) is 17.2. The molecule has 0 atom stereocenters. The van der Waals surface area contributed by atoms with E-state index in [9.17, 15) is 9.18 Å². The van der Waals surface area contributed by atoms with Crippen LogP contribution in [0.25, 0.3) is 11.8 Å². The number of nitrogens with zero attached hydrogens (tertiary/aromatic N) is 3. The summed E-state index contributed by atoms with van der Waals surface area (Å²) in [5, 5.41) is 0. The highest BCUT2D eigenvalue weighted by molar-refractivity contribution is 6.12. The average Bonchev–Trinajstić information content (AvgIpc) is 3.27. The van der Waals surface area contributed by atoms with Gasteiger partial charge in [0.2, 0.25) is 5.90 Å². The number of carbonyl (C=O) groups excluding carboxylic acids is 1. The Bertz CT molecular complexity index is 990. The van der Waals surface area contributed by atoms with Crippen molar-refractivity contribution >= 4 is 17.9 Å². The van der Waals surface area contributed by atoms with Crippen LogP contribution in [0.2, 0.25) is 0 Å². The molecule has 122 valence electrons. The summed E-state index contributed by atoms with van der Waals surface area (Å²) in [5.41, 5.74) is 2.03. The number of hydrogen-bond acceptors (Lipinski definition) is 4. The highest BCUT2D eigenvalue weighted by Crippen LogP contribution is 2.21. The van der Waals surface area contributed by atoms with E-state index >= 15 is 0 Å². The second-order valence-electron chi connectivity index (χ2n) is 5.38. The first-order chi connectivity index (χ1) is 12.2. The topological polar surface area (TPSA) is 56.5 Å². The summed E-state index contributed by atoms with van der Waals surface area (Å²) in [7, 11) is 0. The van der Waals surface area contributed by atoms with E-state index in [1.165, 1.54) is 12.1 Å². The number of ether oxygens (including phenoxy) is 1. The molecule has 0 fully saturated rings. The first-order valence-electron chi connectivity index (χ1n) is 7.56. The molecular formula is C19H12FN3O2. The zero-order valence-electron chi connectivity index (χ0n) is 13.0. The summed E-state index contributed by atoms with van der Waals surface area (Å²) in [6, 6.07) is 13.5. The molecule has 0 saturated carbocycles. The molecule has 0 bridgehead atoms. The SMILES string of the molecule is O=C1OC(c2ccccc2F)=N/C1=C/c1ccc(-n2ccnc2)cc1. The van der Waals surface area contributed by atoms with Crippen LogP contribution in [0.4, 0.5) is 4.39 Å². The fourth-order valence-electron chi connectivity index (χ4n) is 2.47. The van der Waals surface area contributed by atoms with Crippen molar-refractivity contribution in [3.05, 3.63) is 89.9 Å².